The standard InChI is InChI=1S/C24H20F3N3O6/c1-14(10-11-30-22(31)29-23(32)36-30)17-4-3-5-19(12-17)33-13-20-15(2)34-21(28-20)16-6-8-18(9-7-16)35-24(25,26)27/h3-10,12H,11,13H2,1-2H3,(H,29,31,32)/b14-10-. The van der Waals surface area contributed by atoms with E-state index in [9.17, 15) is 22.8 Å². The summed E-state index contributed by atoms with van der Waals surface area (Å²) in [5.74, 6) is 0.144. The zero-order chi connectivity index (χ0) is 25.9. The van der Waals surface area contributed by atoms with Crippen LogP contribution in [-0.4, -0.2) is 21.1 Å². The first-order valence-corrected chi connectivity index (χ1v) is 10.6. The minimum absolute atomic E-state index is 0.0821. The molecule has 2 heterocycles. The maximum atomic E-state index is 12.3. The van der Waals surface area contributed by atoms with Crippen LogP contribution in [0.1, 0.15) is 23.9 Å². The van der Waals surface area contributed by atoms with Crippen molar-refractivity contribution in [2.45, 2.75) is 33.4 Å². The molecule has 0 spiro atoms. The van der Waals surface area contributed by atoms with Gasteiger partial charge in [0.05, 0.1) is 6.54 Å². The summed E-state index contributed by atoms with van der Waals surface area (Å²) in [5.41, 5.74) is 2.04. The van der Waals surface area contributed by atoms with Gasteiger partial charge < -0.3 is 18.4 Å². The molecule has 0 saturated heterocycles. The van der Waals surface area contributed by atoms with Gasteiger partial charge in [-0.1, -0.05) is 18.2 Å². The summed E-state index contributed by atoms with van der Waals surface area (Å²) >= 11 is 0. The van der Waals surface area contributed by atoms with Crippen LogP contribution < -0.4 is 20.9 Å². The lowest BCUT2D eigenvalue weighted by atomic mass is 10.1. The van der Waals surface area contributed by atoms with Crippen LogP contribution in [0.3, 0.4) is 0 Å². The summed E-state index contributed by atoms with van der Waals surface area (Å²) in [7, 11) is 0. The number of alkyl halides is 3. The first-order chi connectivity index (χ1) is 17.1. The number of nitrogens with zero attached hydrogens (tertiary/aromatic N) is 2. The average molecular weight is 503 g/mol. The third-order valence-corrected chi connectivity index (χ3v) is 5.08. The smallest absolute Gasteiger partial charge is 0.487 e. The Kier molecular flexibility index (Phi) is 6.86. The molecule has 2 aromatic heterocycles. The monoisotopic (exact) mass is 503 g/mol. The third-order valence-electron chi connectivity index (χ3n) is 5.08. The van der Waals surface area contributed by atoms with Crippen LogP contribution in [-0.2, 0) is 13.2 Å². The number of nitrogens with one attached hydrogen (secondary N) is 1. The molecule has 12 heteroatoms. The molecule has 1 N–H and O–H groups in total. The van der Waals surface area contributed by atoms with Crippen LogP contribution in [0.5, 0.6) is 11.5 Å². The number of rotatable bonds is 8. The Morgan fingerprint density at radius 3 is 2.56 bits per heavy atom. The Balaban J connectivity index is 1.42. The third kappa shape index (κ3) is 6.14. The van der Waals surface area contributed by atoms with E-state index >= 15 is 0 Å². The minimum atomic E-state index is -4.77. The van der Waals surface area contributed by atoms with Crippen LogP contribution in [0.2, 0.25) is 0 Å². The Morgan fingerprint density at radius 1 is 1.14 bits per heavy atom. The second-order valence-corrected chi connectivity index (χ2v) is 7.67. The minimum Gasteiger partial charge on any atom is -0.487 e. The first kappa shape index (κ1) is 24.6. The molecule has 36 heavy (non-hydrogen) atoms. The molecule has 0 unspecified atom stereocenters. The highest BCUT2D eigenvalue weighted by molar-refractivity contribution is 5.64. The normalized spacial score (nSPS) is 12.1. The largest absolute Gasteiger partial charge is 0.573 e. The quantitative estimate of drug-likeness (QED) is 0.372. The Morgan fingerprint density at radius 2 is 1.89 bits per heavy atom. The molecule has 0 atom stereocenters. The fourth-order valence-corrected chi connectivity index (χ4v) is 3.24. The second kappa shape index (κ2) is 10.0. The Hall–Kier alpha value is -4.48. The number of oxazole rings is 1. The van der Waals surface area contributed by atoms with Crippen LogP contribution >= 0.6 is 0 Å². The van der Waals surface area contributed by atoms with E-state index in [1.54, 1.807) is 31.2 Å². The predicted octanol–water partition coefficient (Wildman–Crippen LogP) is 4.67. The summed E-state index contributed by atoms with van der Waals surface area (Å²) in [6.07, 6.45) is -3.03. The molecule has 0 aliphatic heterocycles. The SMILES string of the molecule is C/C(=C/Cn1oc(=O)[nH]c1=O)c1cccc(OCc2nc(-c3ccc(OC(F)(F)F)cc3)oc2C)c1. The number of benzene rings is 2. The number of halogens is 3. The molecule has 188 valence electrons. The van der Waals surface area contributed by atoms with Gasteiger partial charge in [-0.15, -0.1) is 17.9 Å². The number of hydrogen-bond acceptors (Lipinski definition) is 7. The number of aromatic nitrogens is 3. The molecule has 0 bridgehead atoms. The van der Waals surface area contributed by atoms with Gasteiger partial charge in [0.25, 0.3) is 0 Å². The molecule has 4 rings (SSSR count). The van der Waals surface area contributed by atoms with Gasteiger partial charge in [0, 0.05) is 5.56 Å². The summed E-state index contributed by atoms with van der Waals surface area (Å²) < 4.78 is 58.1. The average Bonchev–Trinajstić information content (AvgIpc) is 3.36. The van der Waals surface area contributed by atoms with E-state index in [2.05, 4.69) is 9.72 Å². The van der Waals surface area contributed by atoms with Crippen molar-refractivity contribution in [3.8, 4) is 23.0 Å². The first-order valence-electron chi connectivity index (χ1n) is 10.6. The van der Waals surface area contributed by atoms with E-state index in [1.165, 1.54) is 24.3 Å². The van der Waals surface area contributed by atoms with Gasteiger partial charge in [-0.05, 0) is 61.4 Å². The molecule has 0 aliphatic rings. The Bertz CT molecular complexity index is 1490. The number of allylic oxidation sites excluding steroid dienone is 2. The molecular weight excluding hydrogens is 483 g/mol. The summed E-state index contributed by atoms with van der Waals surface area (Å²) in [4.78, 5) is 29.0. The van der Waals surface area contributed by atoms with Crippen molar-refractivity contribution >= 4 is 5.57 Å². The van der Waals surface area contributed by atoms with E-state index in [-0.39, 0.29) is 24.8 Å². The molecule has 9 nitrogen and oxygen atoms in total. The summed E-state index contributed by atoms with van der Waals surface area (Å²) in [6, 6.07) is 12.4. The zero-order valence-electron chi connectivity index (χ0n) is 19.1. The molecule has 0 saturated carbocycles. The van der Waals surface area contributed by atoms with E-state index in [0.717, 1.165) is 15.9 Å². The number of aryl methyl sites for hydroxylation is 1. The van der Waals surface area contributed by atoms with Crippen molar-refractivity contribution in [2.75, 3.05) is 0 Å². The van der Waals surface area contributed by atoms with Gasteiger partial charge in [0.15, 0.2) is 0 Å². The van der Waals surface area contributed by atoms with Gasteiger partial charge in [0.2, 0.25) is 5.89 Å². The number of aromatic amines is 1. The fraction of sp³-hybridized carbons (Fsp3) is 0.208. The van der Waals surface area contributed by atoms with Crippen molar-refractivity contribution in [3.05, 3.63) is 92.7 Å². The Labute approximate surface area is 201 Å². The molecule has 2 aromatic carbocycles. The molecule has 4 aromatic rings. The summed E-state index contributed by atoms with van der Waals surface area (Å²) in [6.45, 7) is 3.73. The zero-order valence-corrected chi connectivity index (χ0v) is 19.1. The summed E-state index contributed by atoms with van der Waals surface area (Å²) in [5, 5.41) is 0. The van der Waals surface area contributed by atoms with E-state index in [0.29, 0.717) is 22.8 Å². The topological polar surface area (TPSA) is 112 Å². The number of H-pyrrole nitrogens is 1. The fourth-order valence-electron chi connectivity index (χ4n) is 3.24. The molecule has 0 fully saturated rings. The van der Waals surface area contributed by atoms with Gasteiger partial charge >= 0.3 is 17.8 Å². The van der Waals surface area contributed by atoms with Gasteiger partial charge in [-0.3, -0.25) is 0 Å². The highest BCUT2D eigenvalue weighted by atomic mass is 19.4. The van der Waals surface area contributed by atoms with E-state index in [1.807, 2.05) is 18.0 Å². The van der Waals surface area contributed by atoms with E-state index in [4.69, 9.17) is 13.7 Å². The van der Waals surface area contributed by atoms with Crippen LogP contribution in [0.25, 0.3) is 17.0 Å². The lowest BCUT2D eigenvalue weighted by Gasteiger charge is -2.08. The van der Waals surface area contributed by atoms with Crippen molar-refractivity contribution in [1.29, 1.82) is 0 Å². The maximum Gasteiger partial charge on any atom is 0.573 e. The van der Waals surface area contributed by atoms with Gasteiger partial charge in [0.1, 0.15) is 29.6 Å². The van der Waals surface area contributed by atoms with Crippen LogP contribution in [0.4, 0.5) is 13.2 Å². The predicted molar refractivity (Wildman–Crippen MR) is 121 cm³/mol. The lowest BCUT2D eigenvalue weighted by molar-refractivity contribution is -0.274. The van der Waals surface area contributed by atoms with Crippen LogP contribution in [0.15, 0.2) is 73.1 Å². The molecule has 0 aliphatic carbocycles. The van der Waals surface area contributed by atoms with Crippen molar-refractivity contribution in [1.82, 2.24) is 14.7 Å². The maximum absolute atomic E-state index is 12.3. The number of ether oxygens (including phenoxy) is 2. The molecule has 0 amide bonds. The van der Waals surface area contributed by atoms with Crippen LogP contribution in [0, 0.1) is 6.92 Å². The molecule has 0 radical (unpaired) electrons. The highest BCUT2D eigenvalue weighted by Gasteiger charge is 2.31. The van der Waals surface area contributed by atoms with Gasteiger partial charge in [-0.2, -0.15) is 0 Å². The van der Waals surface area contributed by atoms with Crippen molar-refractivity contribution in [2.24, 2.45) is 0 Å². The van der Waals surface area contributed by atoms with Crippen molar-refractivity contribution in [3.63, 3.8) is 0 Å². The highest BCUT2D eigenvalue weighted by Crippen LogP contribution is 2.28. The second-order valence-electron chi connectivity index (χ2n) is 7.67. The molecular formula is C24H20F3N3O6. The number of hydrogen-bond donors (Lipinski definition) is 1. The van der Waals surface area contributed by atoms with E-state index < -0.39 is 17.8 Å². The lowest BCUT2D eigenvalue weighted by Crippen LogP contribution is -2.16. The van der Waals surface area contributed by atoms with Gasteiger partial charge in [-0.25, -0.2) is 19.6 Å². The van der Waals surface area contributed by atoms with Crippen molar-refractivity contribution < 1.29 is 31.6 Å².